The van der Waals surface area contributed by atoms with Gasteiger partial charge in [0.1, 0.15) is 0 Å². The molecule has 0 radical (unpaired) electrons. The van der Waals surface area contributed by atoms with Gasteiger partial charge < -0.3 is 15.2 Å². The van der Waals surface area contributed by atoms with Crippen molar-refractivity contribution in [2.24, 2.45) is 5.73 Å². The number of nitrogens with two attached hydrogens (primary N) is 1. The summed E-state index contributed by atoms with van der Waals surface area (Å²) in [5.74, 6) is 0. The standard InChI is InChI=1S/C7H14INO2/c8-5-10-1-2-11-7-3-6(9)4-7/h6-7H,1-5,9H2/t6-,7-. The van der Waals surface area contributed by atoms with E-state index in [9.17, 15) is 0 Å². The monoisotopic (exact) mass is 271 g/mol. The molecule has 0 saturated heterocycles. The van der Waals surface area contributed by atoms with Crippen molar-refractivity contribution in [1.82, 2.24) is 0 Å². The molecule has 0 spiro atoms. The van der Waals surface area contributed by atoms with Crippen LogP contribution in [0, 0.1) is 0 Å². The minimum atomic E-state index is 0.380. The third-order valence-corrected chi connectivity index (χ3v) is 2.23. The molecule has 1 aliphatic rings. The lowest BCUT2D eigenvalue weighted by Crippen LogP contribution is -2.42. The van der Waals surface area contributed by atoms with Crippen molar-refractivity contribution in [1.29, 1.82) is 0 Å². The summed E-state index contributed by atoms with van der Waals surface area (Å²) in [5, 5.41) is 0. The molecule has 0 bridgehead atoms. The average Bonchev–Trinajstić information content (AvgIpc) is 1.94. The van der Waals surface area contributed by atoms with Gasteiger partial charge in [-0.05, 0) is 12.8 Å². The highest BCUT2D eigenvalue weighted by atomic mass is 127. The van der Waals surface area contributed by atoms with E-state index in [2.05, 4.69) is 22.6 Å². The molecular weight excluding hydrogens is 257 g/mol. The van der Waals surface area contributed by atoms with Crippen LogP contribution in [0.2, 0.25) is 0 Å². The minimum absolute atomic E-state index is 0.380. The molecule has 1 fully saturated rings. The smallest absolute Gasteiger partial charge is 0.0980 e. The van der Waals surface area contributed by atoms with Gasteiger partial charge in [-0.15, -0.1) is 0 Å². The highest BCUT2D eigenvalue weighted by Gasteiger charge is 2.25. The van der Waals surface area contributed by atoms with E-state index >= 15 is 0 Å². The van der Waals surface area contributed by atoms with E-state index in [1.165, 1.54) is 0 Å². The number of hydrogen-bond donors (Lipinski definition) is 1. The summed E-state index contributed by atoms with van der Waals surface area (Å²) in [5.41, 5.74) is 5.59. The Labute approximate surface area is 80.8 Å². The van der Waals surface area contributed by atoms with E-state index in [4.69, 9.17) is 15.2 Å². The Kier molecular flexibility index (Phi) is 4.66. The number of halogens is 1. The van der Waals surface area contributed by atoms with Crippen molar-refractivity contribution in [3.8, 4) is 0 Å². The first-order chi connectivity index (χ1) is 5.33. The van der Waals surface area contributed by atoms with E-state index in [0.717, 1.165) is 17.5 Å². The molecule has 2 N–H and O–H groups in total. The highest BCUT2D eigenvalue weighted by molar-refractivity contribution is 14.1. The van der Waals surface area contributed by atoms with E-state index in [0.29, 0.717) is 25.4 Å². The summed E-state index contributed by atoms with van der Waals surface area (Å²) in [6.07, 6.45) is 2.44. The first-order valence-electron chi connectivity index (χ1n) is 3.84. The van der Waals surface area contributed by atoms with Crippen LogP contribution in [0.15, 0.2) is 0 Å². The van der Waals surface area contributed by atoms with Crippen molar-refractivity contribution in [3.05, 3.63) is 0 Å². The maximum Gasteiger partial charge on any atom is 0.0980 e. The number of rotatable bonds is 5. The van der Waals surface area contributed by atoms with Crippen LogP contribution in [0.5, 0.6) is 0 Å². The predicted molar refractivity (Wildman–Crippen MR) is 51.8 cm³/mol. The Morgan fingerprint density at radius 2 is 2.09 bits per heavy atom. The number of ether oxygens (including phenoxy) is 2. The van der Waals surface area contributed by atoms with Gasteiger partial charge in [0.15, 0.2) is 0 Å². The van der Waals surface area contributed by atoms with Crippen LogP contribution in [0.1, 0.15) is 12.8 Å². The normalized spacial score (nSPS) is 30.0. The van der Waals surface area contributed by atoms with Gasteiger partial charge in [0, 0.05) is 6.04 Å². The third-order valence-electron chi connectivity index (χ3n) is 1.79. The SMILES string of the molecule is N[C@H]1C[C@H](OCCOCI)C1. The molecule has 11 heavy (non-hydrogen) atoms. The second kappa shape index (κ2) is 5.29. The Morgan fingerprint density at radius 3 is 2.64 bits per heavy atom. The molecule has 1 saturated carbocycles. The summed E-state index contributed by atoms with van der Waals surface area (Å²) < 4.78 is 11.3. The van der Waals surface area contributed by atoms with Gasteiger partial charge in [-0.3, -0.25) is 0 Å². The van der Waals surface area contributed by atoms with E-state index in [-0.39, 0.29) is 0 Å². The quantitative estimate of drug-likeness (QED) is 0.459. The van der Waals surface area contributed by atoms with Crippen LogP contribution in [-0.4, -0.2) is 30.0 Å². The van der Waals surface area contributed by atoms with Gasteiger partial charge in [-0.25, -0.2) is 0 Å². The molecule has 0 heterocycles. The molecule has 0 aromatic heterocycles. The molecule has 4 heteroatoms. The lowest BCUT2D eigenvalue weighted by molar-refractivity contribution is -0.0300. The molecule has 0 aromatic carbocycles. The zero-order valence-electron chi connectivity index (χ0n) is 6.46. The molecule has 3 nitrogen and oxygen atoms in total. The van der Waals surface area contributed by atoms with Crippen molar-refractivity contribution in [3.63, 3.8) is 0 Å². The van der Waals surface area contributed by atoms with Crippen molar-refractivity contribution in [2.45, 2.75) is 25.0 Å². The second-order valence-corrected chi connectivity index (χ2v) is 3.36. The van der Waals surface area contributed by atoms with Crippen LogP contribution in [0.3, 0.4) is 0 Å². The summed E-state index contributed by atoms with van der Waals surface area (Å²) in [4.78, 5) is 0. The minimum Gasteiger partial charge on any atom is -0.376 e. The Hall–Kier alpha value is 0.610. The fourth-order valence-corrected chi connectivity index (χ4v) is 1.38. The van der Waals surface area contributed by atoms with E-state index in [1.54, 1.807) is 0 Å². The molecule has 0 amide bonds. The Morgan fingerprint density at radius 1 is 1.36 bits per heavy atom. The largest absolute Gasteiger partial charge is 0.376 e. The summed E-state index contributed by atoms with van der Waals surface area (Å²) in [6, 6.07) is 0.380. The number of alkyl halides is 1. The first kappa shape index (κ1) is 9.70. The second-order valence-electron chi connectivity index (χ2n) is 2.74. The summed E-state index contributed by atoms with van der Waals surface area (Å²) in [7, 11) is 0. The van der Waals surface area contributed by atoms with Crippen molar-refractivity contribution in [2.75, 3.05) is 17.8 Å². The third kappa shape index (κ3) is 3.68. The van der Waals surface area contributed by atoms with Gasteiger partial charge in [0.2, 0.25) is 0 Å². The van der Waals surface area contributed by atoms with E-state index in [1.807, 2.05) is 0 Å². The van der Waals surface area contributed by atoms with Gasteiger partial charge in [-0.2, -0.15) is 0 Å². The summed E-state index contributed by atoms with van der Waals surface area (Å²) >= 11 is 2.17. The lowest BCUT2D eigenvalue weighted by atomic mass is 9.90. The molecule has 1 rings (SSSR count). The van der Waals surface area contributed by atoms with Gasteiger partial charge in [0.05, 0.1) is 23.9 Å². The molecule has 0 aromatic rings. The van der Waals surface area contributed by atoms with Crippen LogP contribution < -0.4 is 5.73 Å². The topological polar surface area (TPSA) is 44.5 Å². The predicted octanol–water partition coefficient (Wildman–Crippen LogP) is 0.902. The van der Waals surface area contributed by atoms with Crippen LogP contribution in [0.25, 0.3) is 0 Å². The zero-order chi connectivity index (χ0) is 8.10. The fourth-order valence-electron chi connectivity index (χ4n) is 1.07. The fraction of sp³-hybridized carbons (Fsp3) is 1.00. The molecule has 0 aliphatic heterocycles. The molecule has 1 aliphatic carbocycles. The Balaban J connectivity index is 1.81. The van der Waals surface area contributed by atoms with Crippen molar-refractivity contribution >= 4 is 22.6 Å². The maximum atomic E-state index is 5.59. The average molecular weight is 271 g/mol. The Bertz CT molecular complexity index is 107. The zero-order valence-corrected chi connectivity index (χ0v) is 8.62. The molecule has 66 valence electrons. The summed E-state index contributed by atoms with van der Waals surface area (Å²) in [6.45, 7) is 1.41. The van der Waals surface area contributed by atoms with Gasteiger partial charge in [-0.1, -0.05) is 22.6 Å². The van der Waals surface area contributed by atoms with Gasteiger partial charge >= 0.3 is 0 Å². The highest BCUT2D eigenvalue weighted by Crippen LogP contribution is 2.20. The van der Waals surface area contributed by atoms with Crippen LogP contribution >= 0.6 is 22.6 Å². The van der Waals surface area contributed by atoms with Gasteiger partial charge in [0.25, 0.3) is 0 Å². The van der Waals surface area contributed by atoms with Crippen LogP contribution in [-0.2, 0) is 9.47 Å². The lowest BCUT2D eigenvalue weighted by Gasteiger charge is -2.32. The molecule has 0 atom stereocenters. The van der Waals surface area contributed by atoms with E-state index < -0.39 is 0 Å². The molecular formula is C7H14INO2. The maximum absolute atomic E-state index is 5.59. The molecule has 0 unspecified atom stereocenters. The first-order valence-corrected chi connectivity index (χ1v) is 5.36. The van der Waals surface area contributed by atoms with Crippen molar-refractivity contribution < 1.29 is 9.47 Å². The number of hydrogen-bond acceptors (Lipinski definition) is 3. The van der Waals surface area contributed by atoms with Crippen LogP contribution in [0.4, 0.5) is 0 Å².